The first-order chi connectivity index (χ1) is 8.56. The smallest absolute Gasteiger partial charge is 0.227 e. The van der Waals surface area contributed by atoms with Crippen LogP contribution >= 0.6 is 23.2 Å². The van der Waals surface area contributed by atoms with Gasteiger partial charge in [-0.1, -0.05) is 29.3 Å². The van der Waals surface area contributed by atoms with Gasteiger partial charge in [-0.25, -0.2) is 0 Å². The third kappa shape index (κ3) is 3.37. The van der Waals surface area contributed by atoms with Gasteiger partial charge < -0.3 is 10.0 Å². The minimum absolute atomic E-state index is 0.00188. The van der Waals surface area contributed by atoms with Crippen molar-refractivity contribution in [3.63, 3.8) is 0 Å². The number of carbonyl (C=O) groups excluding carboxylic acids is 1. The minimum atomic E-state index is -0.400. The van der Waals surface area contributed by atoms with Crippen molar-refractivity contribution in [2.75, 3.05) is 13.1 Å². The van der Waals surface area contributed by atoms with Crippen molar-refractivity contribution in [2.24, 2.45) is 0 Å². The lowest BCUT2D eigenvalue weighted by molar-refractivity contribution is -0.133. The summed E-state index contributed by atoms with van der Waals surface area (Å²) in [5, 5.41) is 10.6. The van der Waals surface area contributed by atoms with Gasteiger partial charge in [0.05, 0.1) is 12.5 Å². The maximum atomic E-state index is 12.1. The molecule has 1 N–H and O–H groups in total. The van der Waals surface area contributed by atoms with Gasteiger partial charge in [-0.3, -0.25) is 4.79 Å². The Morgan fingerprint density at radius 2 is 2.22 bits per heavy atom. The number of aliphatic hydroxyl groups excluding tert-OH is 1. The number of carbonyl (C=O) groups is 1. The second-order valence-corrected chi connectivity index (χ2v) is 5.39. The van der Waals surface area contributed by atoms with E-state index in [0.29, 0.717) is 23.1 Å². The van der Waals surface area contributed by atoms with Crippen molar-refractivity contribution in [1.29, 1.82) is 0 Å². The zero-order valence-electron chi connectivity index (χ0n) is 9.90. The molecule has 0 bridgehead atoms. The topological polar surface area (TPSA) is 40.5 Å². The highest BCUT2D eigenvalue weighted by Crippen LogP contribution is 2.22. The predicted octanol–water partition coefficient (Wildman–Crippen LogP) is 2.52. The van der Waals surface area contributed by atoms with Gasteiger partial charge in [0.25, 0.3) is 0 Å². The van der Waals surface area contributed by atoms with E-state index in [0.717, 1.165) is 18.4 Å². The molecule has 1 aliphatic rings. The number of likely N-dealkylation sites (tertiary alicyclic amines) is 1. The number of rotatable bonds is 2. The number of nitrogens with zero attached hydrogens (tertiary/aromatic N) is 1. The van der Waals surface area contributed by atoms with E-state index in [1.165, 1.54) is 0 Å². The molecular formula is C13H15Cl2NO2. The van der Waals surface area contributed by atoms with Gasteiger partial charge in [0.1, 0.15) is 0 Å². The van der Waals surface area contributed by atoms with Crippen molar-refractivity contribution in [3.05, 3.63) is 33.8 Å². The molecule has 1 heterocycles. The SMILES string of the molecule is O=C(Cc1ccc(Cl)cc1Cl)N1CCC[C@@H](O)C1. The van der Waals surface area contributed by atoms with E-state index in [2.05, 4.69) is 0 Å². The Morgan fingerprint density at radius 3 is 2.89 bits per heavy atom. The Hall–Kier alpha value is -0.770. The first kappa shape index (κ1) is 13.7. The molecule has 1 fully saturated rings. The van der Waals surface area contributed by atoms with Gasteiger partial charge in [-0.05, 0) is 30.5 Å². The molecule has 2 rings (SSSR count). The molecule has 1 saturated heterocycles. The Balaban J connectivity index is 2.02. The summed E-state index contributed by atoms with van der Waals surface area (Å²) < 4.78 is 0. The lowest BCUT2D eigenvalue weighted by Gasteiger charge is -2.30. The van der Waals surface area contributed by atoms with Gasteiger partial charge in [0.2, 0.25) is 5.91 Å². The number of halogens is 2. The monoisotopic (exact) mass is 287 g/mol. The molecule has 1 aliphatic heterocycles. The van der Waals surface area contributed by atoms with E-state index in [-0.39, 0.29) is 12.3 Å². The third-order valence-corrected chi connectivity index (χ3v) is 3.69. The van der Waals surface area contributed by atoms with Crippen LogP contribution in [0.2, 0.25) is 10.0 Å². The van der Waals surface area contributed by atoms with Crippen molar-refractivity contribution in [1.82, 2.24) is 4.90 Å². The van der Waals surface area contributed by atoms with Crippen LogP contribution in [-0.2, 0) is 11.2 Å². The quantitative estimate of drug-likeness (QED) is 0.908. The molecule has 1 aromatic rings. The summed E-state index contributed by atoms with van der Waals surface area (Å²) in [6.45, 7) is 1.13. The largest absolute Gasteiger partial charge is 0.391 e. The fraction of sp³-hybridized carbons (Fsp3) is 0.462. The molecule has 0 aromatic heterocycles. The molecular weight excluding hydrogens is 273 g/mol. The zero-order valence-corrected chi connectivity index (χ0v) is 11.4. The van der Waals surface area contributed by atoms with Gasteiger partial charge in [0, 0.05) is 23.1 Å². The summed E-state index contributed by atoms with van der Waals surface area (Å²) in [6, 6.07) is 5.13. The number of piperidine rings is 1. The highest BCUT2D eigenvalue weighted by molar-refractivity contribution is 6.35. The maximum Gasteiger partial charge on any atom is 0.227 e. The average molecular weight is 288 g/mol. The Morgan fingerprint density at radius 1 is 1.44 bits per heavy atom. The predicted molar refractivity (Wildman–Crippen MR) is 72.0 cm³/mol. The van der Waals surface area contributed by atoms with E-state index >= 15 is 0 Å². The van der Waals surface area contributed by atoms with Gasteiger partial charge in [-0.15, -0.1) is 0 Å². The Kier molecular flexibility index (Phi) is 4.49. The molecule has 1 atom stereocenters. The van der Waals surface area contributed by atoms with Gasteiger partial charge in [0.15, 0.2) is 0 Å². The highest BCUT2D eigenvalue weighted by atomic mass is 35.5. The second-order valence-electron chi connectivity index (χ2n) is 4.55. The van der Waals surface area contributed by atoms with E-state index in [1.54, 1.807) is 23.1 Å². The number of benzene rings is 1. The van der Waals surface area contributed by atoms with Crippen molar-refractivity contribution in [3.8, 4) is 0 Å². The van der Waals surface area contributed by atoms with Crippen LogP contribution in [0.15, 0.2) is 18.2 Å². The van der Waals surface area contributed by atoms with Crippen LogP contribution in [0, 0.1) is 0 Å². The van der Waals surface area contributed by atoms with Crippen LogP contribution < -0.4 is 0 Å². The Bertz CT molecular complexity index is 451. The average Bonchev–Trinajstić information content (AvgIpc) is 2.32. The summed E-state index contributed by atoms with van der Waals surface area (Å²) in [5.74, 6) is -0.00188. The summed E-state index contributed by atoms with van der Waals surface area (Å²) in [7, 11) is 0. The molecule has 0 unspecified atom stereocenters. The number of hydrogen-bond acceptors (Lipinski definition) is 2. The molecule has 0 aliphatic carbocycles. The molecule has 1 aromatic carbocycles. The van der Waals surface area contributed by atoms with Crippen molar-refractivity contribution >= 4 is 29.1 Å². The van der Waals surface area contributed by atoms with E-state index in [9.17, 15) is 9.90 Å². The third-order valence-electron chi connectivity index (χ3n) is 3.11. The number of aliphatic hydroxyl groups is 1. The lowest BCUT2D eigenvalue weighted by atomic mass is 10.1. The summed E-state index contributed by atoms with van der Waals surface area (Å²) >= 11 is 11.8. The van der Waals surface area contributed by atoms with Crippen LogP contribution in [-0.4, -0.2) is 35.1 Å². The molecule has 1 amide bonds. The summed E-state index contributed by atoms with van der Waals surface area (Å²) in [5.41, 5.74) is 0.770. The standard InChI is InChI=1S/C13H15Cl2NO2/c14-10-4-3-9(12(15)7-10)6-13(18)16-5-1-2-11(17)8-16/h3-4,7,11,17H,1-2,5-6,8H2/t11-/m1/s1. The van der Waals surface area contributed by atoms with Gasteiger partial charge >= 0.3 is 0 Å². The van der Waals surface area contributed by atoms with Crippen molar-refractivity contribution in [2.45, 2.75) is 25.4 Å². The van der Waals surface area contributed by atoms with Crippen LogP contribution in [0.4, 0.5) is 0 Å². The maximum absolute atomic E-state index is 12.1. The van der Waals surface area contributed by atoms with Crippen molar-refractivity contribution < 1.29 is 9.90 Å². The fourth-order valence-corrected chi connectivity index (χ4v) is 2.60. The second kappa shape index (κ2) is 5.91. The van der Waals surface area contributed by atoms with Crippen LogP contribution in [0.1, 0.15) is 18.4 Å². The molecule has 5 heteroatoms. The molecule has 18 heavy (non-hydrogen) atoms. The number of hydrogen-bond donors (Lipinski definition) is 1. The van der Waals surface area contributed by atoms with Crippen LogP contribution in [0.3, 0.4) is 0 Å². The van der Waals surface area contributed by atoms with Crippen LogP contribution in [0.25, 0.3) is 0 Å². The molecule has 98 valence electrons. The fourth-order valence-electron chi connectivity index (χ4n) is 2.12. The first-order valence-corrected chi connectivity index (χ1v) is 6.71. The van der Waals surface area contributed by atoms with E-state index in [4.69, 9.17) is 23.2 Å². The van der Waals surface area contributed by atoms with E-state index in [1.807, 2.05) is 0 Å². The number of β-amino-alcohol motifs (C(OH)–C–C–N with tert-alkyl or cyclic N) is 1. The zero-order chi connectivity index (χ0) is 13.1. The normalized spacial score (nSPS) is 19.9. The first-order valence-electron chi connectivity index (χ1n) is 5.96. The van der Waals surface area contributed by atoms with Gasteiger partial charge in [-0.2, -0.15) is 0 Å². The molecule has 0 saturated carbocycles. The Labute approximate surface area is 116 Å². The molecule has 0 spiro atoms. The minimum Gasteiger partial charge on any atom is -0.391 e. The molecule has 3 nitrogen and oxygen atoms in total. The molecule has 0 radical (unpaired) electrons. The van der Waals surface area contributed by atoms with Crippen LogP contribution in [0.5, 0.6) is 0 Å². The summed E-state index contributed by atoms with van der Waals surface area (Å²) in [4.78, 5) is 13.8. The lowest BCUT2D eigenvalue weighted by Crippen LogP contribution is -2.42. The summed E-state index contributed by atoms with van der Waals surface area (Å²) in [6.07, 6.45) is 1.47. The highest BCUT2D eigenvalue weighted by Gasteiger charge is 2.22. The van der Waals surface area contributed by atoms with E-state index < -0.39 is 6.10 Å². The number of amides is 1.